The first-order valence-electron chi connectivity index (χ1n) is 8.95. The van der Waals surface area contributed by atoms with Crippen LogP contribution in [0.15, 0.2) is 72.1 Å². The lowest BCUT2D eigenvalue weighted by atomic mass is 10.2. The molecular weight excluding hydrogens is 386 g/mol. The second-order valence-electron chi connectivity index (χ2n) is 6.28. The van der Waals surface area contributed by atoms with E-state index in [0.29, 0.717) is 10.8 Å². The van der Waals surface area contributed by atoms with Gasteiger partial charge in [0, 0.05) is 17.7 Å². The van der Waals surface area contributed by atoms with E-state index in [0.717, 1.165) is 16.6 Å². The van der Waals surface area contributed by atoms with Crippen LogP contribution in [0.2, 0.25) is 0 Å². The number of pyridine rings is 1. The third kappa shape index (κ3) is 4.14. The number of benzene rings is 2. The van der Waals surface area contributed by atoms with Gasteiger partial charge in [-0.05, 0) is 24.3 Å². The monoisotopic (exact) mass is 403 g/mol. The van der Waals surface area contributed by atoms with Crippen LogP contribution in [0.25, 0.3) is 10.9 Å². The van der Waals surface area contributed by atoms with Gasteiger partial charge in [-0.15, -0.1) is 11.3 Å². The van der Waals surface area contributed by atoms with E-state index in [4.69, 9.17) is 4.74 Å². The number of ether oxygens (including phenoxy) is 1. The van der Waals surface area contributed by atoms with Crippen molar-refractivity contribution in [2.45, 2.75) is 13.5 Å². The molecule has 29 heavy (non-hydrogen) atoms. The molecule has 0 radical (unpaired) electrons. The Bertz CT molecular complexity index is 1170. The minimum Gasteiger partial charge on any atom is -0.454 e. The summed E-state index contributed by atoms with van der Waals surface area (Å²) < 4.78 is 5.36. The average molecular weight is 403 g/mol. The van der Waals surface area contributed by atoms with Crippen molar-refractivity contribution in [1.82, 2.24) is 9.97 Å². The van der Waals surface area contributed by atoms with Gasteiger partial charge in [-0.1, -0.05) is 42.5 Å². The Balaban J connectivity index is 1.47. The first-order chi connectivity index (χ1) is 14.1. The van der Waals surface area contributed by atoms with Crippen molar-refractivity contribution < 1.29 is 14.3 Å². The van der Waals surface area contributed by atoms with E-state index < -0.39 is 5.97 Å². The van der Waals surface area contributed by atoms with Crippen molar-refractivity contribution >= 4 is 44.9 Å². The van der Waals surface area contributed by atoms with E-state index >= 15 is 0 Å². The van der Waals surface area contributed by atoms with Crippen molar-refractivity contribution in [1.29, 1.82) is 0 Å². The minimum absolute atomic E-state index is 0.00434. The fourth-order valence-corrected chi connectivity index (χ4v) is 3.73. The van der Waals surface area contributed by atoms with Crippen LogP contribution in [-0.2, 0) is 16.1 Å². The van der Waals surface area contributed by atoms with Crippen LogP contribution in [0.5, 0.6) is 0 Å². The van der Waals surface area contributed by atoms with Crippen LogP contribution in [-0.4, -0.2) is 21.8 Å². The largest absolute Gasteiger partial charge is 0.454 e. The smallest absolute Gasteiger partial charge is 0.357 e. The molecule has 1 amide bonds. The Labute approximate surface area is 171 Å². The molecule has 0 spiro atoms. The number of thiazole rings is 1. The number of nitrogens with zero attached hydrogens (tertiary/aromatic N) is 3. The topological polar surface area (TPSA) is 72.4 Å². The van der Waals surface area contributed by atoms with Gasteiger partial charge in [-0.25, -0.2) is 14.8 Å². The highest BCUT2D eigenvalue weighted by atomic mass is 32.1. The molecule has 4 rings (SSSR count). The van der Waals surface area contributed by atoms with E-state index in [2.05, 4.69) is 9.97 Å². The van der Waals surface area contributed by atoms with Gasteiger partial charge < -0.3 is 4.74 Å². The summed E-state index contributed by atoms with van der Waals surface area (Å²) >= 11 is 1.32. The number of fused-ring (bicyclic) bond motifs is 1. The second kappa shape index (κ2) is 8.20. The summed E-state index contributed by atoms with van der Waals surface area (Å²) in [4.78, 5) is 34.8. The van der Waals surface area contributed by atoms with E-state index in [-0.39, 0.29) is 18.2 Å². The normalized spacial score (nSPS) is 10.7. The van der Waals surface area contributed by atoms with Gasteiger partial charge in [0.2, 0.25) is 5.91 Å². The molecule has 0 saturated heterocycles. The molecule has 0 fully saturated rings. The maximum atomic E-state index is 12.4. The Hall–Kier alpha value is -3.58. The molecule has 2 heterocycles. The molecule has 0 saturated carbocycles. The lowest BCUT2D eigenvalue weighted by molar-refractivity contribution is -0.115. The van der Waals surface area contributed by atoms with Crippen molar-refractivity contribution in [2.75, 3.05) is 4.90 Å². The zero-order valence-corrected chi connectivity index (χ0v) is 16.4. The number of aromatic nitrogens is 2. The molecule has 144 valence electrons. The predicted octanol–water partition coefficient (Wildman–Crippen LogP) is 4.73. The highest BCUT2D eigenvalue weighted by Crippen LogP contribution is 2.29. The minimum atomic E-state index is -0.517. The van der Waals surface area contributed by atoms with Crippen molar-refractivity contribution in [2.24, 2.45) is 0 Å². The zero-order chi connectivity index (χ0) is 20.2. The molecule has 4 aromatic rings. The van der Waals surface area contributed by atoms with Gasteiger partial charge in [0.1, 0.15) is 12.3 Å². The molecule has 0 unspecified atom stereocenters. The molecule has 0 aliphatic carbocycles. The number of amides is 1. The molecular formula is C22H17N3O3S. The summed E-state index contributed by atoms with van der Waals surface area (Å²) in [6.45, 7) is 1.49. The van der Waals surface area contributed by atoms with Gasteiger partial charge in [-0.3, -0.25) is 9.69 Å². The number of esters is 1. The third-order valence-corrected chi connectivity index (χ3v) is 5.09. The highest BCUT2D eigenvalue weighted by molar-refractivity contribution is 7.14. The van der Waals surface area contributed by atoms with E-state index in [1.807, 2.05) is 60.7 Å². The van der Waals surface area contributed by atoms with Gasteiger partial charge in [0.05, 0.1) is 16.9 Å². The summed E-state index contributed by atoms with van der Waals surface area (Å²) in [5.41, 5.74) is 2.28. The number of hydrogen-bond acceptors (Lipinski definition) is 6. The molecule has 0 aliphatic heterocycles. The molecule has 0 bridgehead atoms. The van der Waals surface area contributed by atoms with Crippen LogP contribution in [0.1, 0.15) is 23.1 Å². The number of carbonyl (C=O) groups excluding carboxylic acids is 2. The van der Waals surface area contributed by atoms with E-state index in [1.165, 1.54) is 23.2 Å². The van der Waals surface area contributed by atoms with Crippen molar-refractivity contribution in [3.05, 3.63) is 83.5 Å². The van der Waals surface area contributed by atoms with E-state index in [1.54, 1.807) is 11.4 Å². The zero-order valence-electron chi connectivity index (χ0n) is 15.6. The lowest BCUT2D eigenvalue weighted by Crippen LogP contribution is -2.22. The molecule has 2 aromatic heterocycles. The Morgan fingerprint density at radius 3 is 2.52 bits per heavy atom. The molecule has 0 aliphatic rings. The lowest BCUT2D eigenvalue weighted by Gasteiger charge is -2.17. The van der Waals surface area contributed by atoms with Crippen molar-refractivity contribution in [3.8, 4) is 0 Å². The van der Waals surface area contributed by atoms with Gasteiger partial charge in [-0.2, -0.15) is 0 Å². The number of anilines is 2. The Morgan fingerprint density at radius 1 is 0.966 bits per heavy atom. The van der Waals surface area contributed by atoms with Crippen LogP contribution in [0.3, 0.4) is 0 Å². The van der Waals surface area contributed by atoms with Crippen LogP contribution in [0, 0.1) is 0 Å². The number of hydrogen-bond donors (Lipinski definition) is 0. The molecule has 6 nitrogen and oxygen atoms in total. The molecule has 7 heteroatoms. The maximum absolute atomic E-state index is 12.4. The summed E-state index contributed by atoms with van der Waals surface area (Å²) in [6, 6.07) is 20.3. The average Bonchev–Trinajstić information content (AvgIpc) is 3.20. The van der Waals surface area contributed by atoms with Crippen LogP contribution < -0.4 is 4.90 Å². The fourth-order valence-electron chi connectivity index (χ4n) is 2.86. The number of carbonyl (C=O) groups is 2. The van der Waals surface area contributed by atoms with Gasteiger partial charge in [0.15, 0.2) is 5.13 Å². The number of rotatable bonds is 5. The van der Waals surface area contributed by atoms with Crippen molar-refractivity contribution in [3.63, 3.8) is 0 Å². The molecule has 0 atom stereocenters. The first-order valence-corrected chi connectivity index (χ1v) is 9.83. The predicted molar refractivity (Wildman–Crippen MR) is 112 cm³/mol. The van der Waals surface area contributed by atoms with Gasteiger partial charge in [0.25, 0.3) is 0 Å². The van der Waals surface area contributed by atoms with Crippen LogP contribution in [0.4, 0.5) is 10.8 Å². The first kappa shape index (κ1) is 18.8. The fraction of sp³-hybridized carbons (Fsp3) is 0.0909. The summed E-state index contributed by atoms with van der Waals surface area (Å²) in [5.74, 6) is -0.661. The molecule has 2 aromatic carbocycles. The number of para-hydroxylation sites is 2. The highest BCUT2D eigenvalue weighted by Gasteiger charge is 2.18. The quantitative estimate of drug-likeness (QED) is 0.450. The van der Waals surface area contributed by atoms with E-state index in [9.17, 15) is 9.59 Å². The maximum Gasteiger partial charge on any atom is 0.357 e. The third-order valence-electron chi connectivity index (χ3n) is 4.22. The summed E-state index contributed by atoms with van der Waals surface area (Å²) in [7, 11) is 0. The standard InChI is InChI=1S/C22H17N3O3S/c1-15(26)25(18-8-3-2-4-9-18)22-23-17(14-29-22)13-28-21(27)20-12-11-16-7-5-6-10-19(16)24-20/h2-12,14H,13H2,1H3. The van der Waals surface area contributed by atoms with Gasteiger partial charge >= 0.3 is 5.97 Å². The summed E-state index contributed by atoms with van der Waals surface area (Å²) in [5, 5.41) is 3.26. The SMILES string of the molecule is CC(=O)N(c1ccccc1)c1nc(COC(=O)c2ccc3ccccc3n2)cs1. The Kier molecular flexibility index (Phi) is 5.31. The summed E-state index contributed by atoms with van der Waals surface area (Å²) in [6.07, 6.45) is 0. The second-order valence-corrected chi connectivity index (χ2v) is 7.11. The Morgan fingerprint density at radius 2 is 1.72 bits per heavy atom. The van der Waals surface area contributed by atoms with Crippen LogP contribution >= 0.6 is 11.3 Å². The molecule has 0 N–H and O–H groups in total.